The number of nitrogens with one attached hydrogen (secondary N) is 1. The molecule has 1 fully saturated rings. The number of imidazole rings is 1. The van der Waals surface area contributed by atoms with Gasteiger partial charge in [-0.2, -0.15) is 0 Å². The maximum absolute atomic E-state index is 4.39. The van der Waals surface area contributed by atoms with Gasteiger partial charge in [0.25, 0.3) is 0 Å². The van der Waals surface area contributed by atoms with Crippen molar-refractivity contribution in [3.05, 3.63) is 47.5 Å². The van der Waals surface area contributed by atoms with Crippen LogP contribution in [0.15, 0.2) is 30.7 Å². The standard InChI is InChI=1S/C16H21N3/c1-12-5-4-6-14(13(12)2)19-11-18-9-15(19)16(3)7-8-17-10-16/h4-6,9,11,17H,7-8,10H2,1-3H3. The van der Waals surface area contributed by atoms with Crippen molar-refractivity contribution in [1.29, 1.82) is 0 Å². The molecule has 1 aromatic carbocycles. The van der Waals surface area contributed by atoms with Gasteiger partial charge in [0.15, 0.2) is 0 Å². The van der Waals surface area contributed by atoms with Crippen LogP contribution in [-0.2, 0) is 5.41 Å². The molecule has 0 radical (unpaired) electrons. The fourth-order valence-electron chi connectivity index (χ4n) is 2.97. The molecule has 1 atom stereocenters. The third-order valence-electron chi connectivity index (χ3n) is 4.46. The summed E-state index contributed by atoms with van der Waals surface area (Å²) >= 11 is 0. The summed E-state index contributed by atoms with van der Waals surface area (Å²) in [6, 6.07) is 6.46. The van der Waals surface area contributed by atoms with Crippen molar-refractivity contribution < 1.29 is 0 Å². The number of benzene rings is 1. The number of aryl methyl sites for hydroxylation is 1. The van der Waals surface area contributed by atoms with Crippen LogP contribution in [-0.4, -0.2) is 22.6 Å². The van der Waals surface area contributed by atoms with E-state index in [4.69, 9.17) is 0 Å². The molecule has 100 valence electrons. The maximum Gasteiger partial charge on any atom is 0.0994 e. The summed E-state index contributed by atoms with van der Waals surface area (Å²) in [6.07, 6.45) is 5.14. The number of hydrogen-bond donors (Lipinski definition) is 1. The van der Waals surface area contributed by atoms with Gasteiger partial charge in [0.2, 0.25) is 0 Å². The third kappa shape index (κ3) is 1.98. The second kappa shape index (κ2) is 4.49. The minimum Gasteiger partial charge on any atom is -0.316 e. The molecule has 1 aromatic heterocycles. The minimum absolute atomic E-state index is 0.187. The van der Waals surface area contributed by atoms with Crippen molar-refractivity contribution in [2.45, 2.75) is 32.6 Å². The molecule has 1 aliphatic rings. The van der Waals surface area contributed by atoms with Crippen molar-refractivity contribution in [2.75, 3.05) is 13.1 Å². The van der Waals surface area contributed by atoms with Crippen LogP contribution in [0.1, 0.15) is 30.2 Å². The Bertz CT molecular complexity index is 592. The molecule has 2 aromatic rings. The van der Waals surface area contributed by atoms with Crippen molar-refractivity contribution >= 4 is 0 Å². The van der Waals surface area contributed by atoms with Gasteiger partial charge in [-0.05, 0) is 44.0 Å². The molecule has 0 spiro atoms. The average Bonchev–Trinajstić information content (AvgIpc) is 3.02. The van der Waals surface area contributed by atoms with Crippen LogP contribution in [0.3, 0.4) is 0 Å². The maximum atomic E-state index is 4.39. The Morgan fingerprint density at radius 2 is 2.16 bits per heavy atom. The molecular weight excluding hydrogens is 234 g/mol. The highest BCUT2D eigenvalue weighted by Gasteiger charge is 2.33. The van der Waals surface area contributed by atoms with Gasteiger partial charge in [0.1, 0.15) is 0 Å². The van der Waals surface area contributed by atoms with Gasteiger partial charge in [0.05, 0.1) is 6.33 Å². The first kappa shape index (κ1) is 12.4. The Morgan fingerprint density at radius 3 is 2.89 bits per heavy atom. The molecule has 1 saturated heterocycles. The van der Waals surface area contributed by atoms with Crippen LogP contribution in [0.4, 0.5) is 0 Å². The molecular formula is C16H21N3. The Kier molecular flexibility index (Phi) is 2.94. The summed E-state index contributed by atoms with van der Waals surface area (Å²) in [5, 5.41) is 3.46. The zero-order chi connectivity index (χ0) is 13.5. The predicted octanol–water partition coefficient (Wildman–Crippen LogP) is 2.74. The van der Waals surface area contributed by atoms with Gasteiger partial charge >= 0.3 is 0 Å². The normalized spacial score (nSPS) is 22.9. The van der Waals surface area contributed by atoms with Crippen molar-refractivity contribution in [2.24, 2.45) is 0 Å². The Labute approximate surface area is 114 Å². The second-order valence-corrected chi connectivity index (χ2v) is 5.86. The monoisotopic (exact) mass is 255 g/mol. The van der Waals surface area contributed by atoms with Gasteiger partial charge in [-0.1, -0.05) is 19.1 Å². The van der Waals surface area contributed by atoms with E-state index in [-0.39, 0.29) is 5.41 Å². The van der Waals surface area contributed by atoms with Crippen LogP contribution in [0.2, 0.25) is 0 Å². The Balaban J connectivity index is 2.12. The van der Waals surface area contributed by atoms with Crippen LogP contribution >= 0.6 is 0 Å². The van der Waals surface area contributed by atoms with Crippen molar-refractivity contribution in [1.82, 2.24) is 14.9 Å². The lowest BCUT2D eigenvalue weighted by atomic mass is 9.86. The van der Waals surface area contributed by atoms with Crippen LogP contribution in [0.25, 0.3) is 5.69 Å². The summed E-state index contributed by atoms with van der Waals surface area (Å²) in [6.45, 7) is 8.79. The van der Waals surface area contributed by atoms with E-state index >= 15 is 0 Å². The lowest BCUT2D eigenvalue weighted by molar-refractivity contribution is 0.498. The quantitative estimate of drug-likeness (QED) is 0.894. The highest BCUT2D eigenvalue weighted by Crippen LogP contribution is 2.32. The molecule has 2 heterocycles. The molecule has 3 rings (SSSR count). The van der Waals surface area contributed by atoms with E-state index in [1.165, 1.54) is 28.9 Å². The van der Waals surface area contributed by atoms with Crippen LogP contribution in [0.5, 0.6) is 0 Å². The molecule has 3 heteroatoms. The SMILES string of the molecule is Cc1cccc(-n2cncc2C2(C)CCNC2)c1C. The number of nitrogens with zero attached hydrogens (tertiary/aromatic N) is 2. The zero-order valence-corrected chi connectivity index (χ0v) is 11.9. The average molecular weight is 255 g/mol. The molecule has 0 saturated carbocycles. The first-order valence-electron chi connectivity index (χ1n) is 6.92. The van der Waals surface area contributed by atoms with E-state index in [9.17, 15) is 0 Å². The molecule has 1 unspecified atom stereocenters. The first-order valence-corrected chi connectivity index (χ1v) is 6.92. The predicted molar refractivity (Wildman–Crippen MR) is 77.9 cm³/mol. The van der Waals surface area contributed by atoms with Crippen molar-refractivity contribution in [3.8, 4) is 5.69 Å². The number of hydrogen-bond acceptors (Lipinski definition) is 2. The number of aromatic nitrogens is 2. The molecule has 1 aliphatic heterocycles. The summed E-state index contributed by atoms with van der Waals surface area (Å²) < 4.78 is 2.26. The van der Waals surface area contributed by atoms with E-state index in [1.54, 1.807) is 0 Å². The van der Waals surface area contributed by atoms with Crippen molar-refractivity contribution in [3.63, 3.8) is 0 Å². The van der Waals surface area contributed by atoms with E-state index in [1.807, 2.05) is 12.5 Å². The molecule has 0 bridgehead atoms. The fourth-order valence-corrected chi connectivity index (χ4v) is 2.97. The van der Waals surface area contributed by atoms with E-state index in [2.05, 4.69) is 53.8 Å². The van der Waals surface area contributed by atoms with Crippen LogP contribution in [0, 0.1) is 13.8 Å². The fraction of sp³-hybridized carbons (Fsp3) is 0.438. The molecule has 0 amide bonds. The van der Waals surface area contributed by atoms with E-state index < -0.39 is 0 Å². The van der Waals surface area contributed by atoms with Crippen LogP contribution < -0.4 is 5.32 Å². The number of rotatable bonds is 2. The van der Waals surface area contributed by atoms with E-state index in [0.717, 1.165) is 13.1 Å². The molecule has 19 heavy (non-hydrogen) atoms. The van der Waals surface area contributed by atoms with Gasteiger partial charge in [-0.3, -0.25) is 0 Å². The molecule has 1 N–H and O–H groups in total. The van der Waals surface area contributed by atoms with Gasteiger partial charge in [-0.15, -0.1) is 0 Å². The second-order valence-electron chi connectivity index (χ2n) is 5.86. The molecule has 3 nitrogen and oxygen atoms in total. The zero-order valence-electron chi connectivity index (χ0n) is 11.9. The largest absolute Gasteiger partial charge is 0.316 e. The summed E-state index contributed by atoms with van der Waals surface area (Å²) in [7, 11) is 0. The van der Waals surface area contributed by atoms with E-state index in [0.29, 0.717) is 0 Å². The Hall–Kier alpha value is -1.61. The summed E-state index contributed by atoms with van der Waals surface area (Å²) in [4.78, 5) is 4.39. The first-order chi connectivity index (χ1) is 9.12. The summed E-state index contributed by atoms with van der Waals surface area (Å²) in [5.41, 5.74) is 5.40. The third-order valence-corrected chi connectivity index (χ3v) is 4.46. The molecule has 0 aliphatic carbocycles. The summed E-state index contributed by atoms with van der Waals surface area (Å²) in [5.74, 6) is 0. The van der Waals surface area contributed by atoms with Gasteiger partial charge in [0, 0.05) is 29.5 Å². The lowest BCUT2D eigenvalue weighted by Gasteiger charge is -2.25. The smallest absolute Gasteiger partial charge is 0.0994 e. The van der Waals surface area contributed by atoms with Gasteiger partial charge < -0.3 is 9.88 Å². The minimum atomic E-state index is 0.187. The van der Waals surface area contributed by atoms with Gasteiger partial charge in [-0.25, -0.2) is 4.98 Å². The topological polar surface area (TPSA) is 29.9 Å². The lowest BCUT2D eigenvalue weighted by Crippen LogP contribution is -2.27. The Morgan fingerprint density at radius 1 is 1.32 bits per heavy atom. The highest BCUT2D eigenvalue weighted by molar-refractivity contribution is 5.46. The highest BCUT2D eigenvalue weighted by atomic mass is 15.1.